The lowest BCUT2D eigenvalue weighted by Crippen LogP contribution is -2.38. The van der Waals surface area contributed by atoms with Crippen LogP contribution in [0.15, 0.2) is 24.7 Å². The van der Waals surface area contributed by atoms with Crippen molar-refractivity contribution in [1.82, 2.24) is 24.2 Å². The van der Waals surface area contributed by atoms with E-state index in [0.717, 1.165) is 31.8 Å². The molecule has 112 valence electrons. The lowest BCUT2D eigenvalue weighted by atomic mass is 9.99. The molecule has 1 aliphatic rings. The van der Waals surface area contributed by atoms with Crippen molar-refractivity contribution in [2.45, 2.75) is 19.4 Å². The van der Waals surface area contributed by atoms with Gasteiger partial charge < -0.3 is 9.47 Å². The van der Waals surface area contributed by atoms with Gasteiger partial charge in [0.05, 0.1) is 6.20 Å². The second kappa shape index (κ2) is 5.59. The van der Waals surface area contributed by atoms with Crippen LogP contribution in [0.1, 0.15) is 12.2 Å². The molecule has 7 nitrogen and oxygen atoms in total. The quantitative estimate of drug-likeness (QED) is 0.927. The second-order valence-corrected chi connectivity index (χ2v) is 5.55. The molecule has 0 saturated heterocycles. The molecule has 3 heterocycles. The van der Waals surface area contributed by atoms with Crippen LogP contribution in [-0.2, 0) is 20.0 Å². The number of rotatable bonds is 3. The topological polar surface area (TPSA) is 68.0 Å². The molecule has 1 N–H and O–H groups in total. The van der Waals surface area contributed by atoms with Crippen LogP contribution in [0, 0.1) is 5.92 Å². The summed E-state index contributed by atoms with van der Waals surface area (Å²) in [5.74, 6) is 2.31. The molecule has 1 aliphatic heterocycles. The zero-order valence-electron chi connectivity index (χ0n) is 12.4. The van der Waals surface area contributed by atoms with Gasteiger partial charge in [0, 0.05) is 52.1 Å². The summed E-state index contributed by atoms with van der Waals surface area (Å²) in [6.07, 6.45) is 7.57. The molecular formula is C14H20N6O. The van der Waals surface area contributed by atoms with Crippen molar-refractivity contribution in [3.05, 3.63) is 30.5 Å². The van der Waals surface area contributed by atoms with E-state index < -0.39 is 0 Å². The van der Waals surface area contributed by atoms with E-state index in [4.69, 9.17) is 0 Å². The molecule has 0 unspecified atom stereocenters. The molecule has 0 aliphatic carbocycles. The van der Waals surface area contributed by atoms with Gasteiger partial charge in [-0.1, -0.05) is 0 Å². The Hall–Kier alpha value is -2.31. The summed E-state index contributed by atoms with van der Waals surface area (Å²) in [5, 5.41) is 6.90. The van der Waals surface area contributed by atoms with Gasteiger partial charge >= 0.3 is 6.03 Å². The molecule has 1 atom stereocenters. The van der Waals surface area contributed by atoms with Gasteiger partial charge in [-0.3, -0.25) is 10.00 Å². The SMILES string of the molecule is CN(C[C@H]1CCc2nccn2C1)C(=O)Nc1ccnn1C. The summed E-state index contributed by atoms with van der Waals surface area (Å²) in [5.41, 5.74) is 0. The highest BCUT2D eigenvalue weighted by Crippen LogP contribution is 2.19. The number of amides is 2. The fourth-order valence-electron chi connectivity index (χ4n) is 2.76. The lowest BCUT2D eigenvalue weighted by molar-refractivity contribution is 0.205. The first kappa shape index (κ1) is 13.7. The third kappa shape index (κ3) is 2.91. The van der Waals surface area contributed by atoms with Gasteiger partial charge in [-0.2, -0.15) is 5.10 Å². The monoisotopic (exact) mass is 288 g/mol. The van der Waals surface area contributed by atoms with Gasteiger partial charge in [-0.15, -0.1) is 0 Å². The van der Waals surface area contributed by atoms with Gasteiger partial charge in [0.2, 0.25) is 0 Å². The number of carbonyl (C=O) groups excluding carboxylic acids is 1. The van der Waals surface area contributed by atoms with Crippen molar-refractivity contribution < 1.29 is 4.79 Å². The Bertz CT molecular complexity index is 631. The Balaban J connectivity index is 1.56. The molecule has 0 radical (unpaired) electrons. The molecule has 2 aromatic heterocycles. The Morgan fingerprint density at radius 2 is 2.38 bits per heavy atom. The maximum absolute atomic E-state index is 12.2. The molecule has 2 aromatic rings. The maximum atomic E-state index is 12.2. The summed E-state index contributed by atoms with van der Waals surface area (Å²) in [4.78, 5) is 18.2. The van der Waals surface area contributed by atoms with E-state index in [1.807, 2.05) is 19.4 Å². The highest BCUT2D eigenvalue weighted by Gasteiger charge is 2.22. The van der Waals surface area contributed by atoms with Gasteiger partial charge in [0.1, 0.15) is 11.6 Å². The van der Waals surface area contributed by atoms with Crippen molar-refractivity contribution in [1.29, 1.82) is 0 Å². The Labute approximate surface area is 123 Å². The first-order chi connectivity index (χ1) is 10.1. The Morgan fingerprint density at radius 3 is 3.14 bits per heavy atom. The molecule has 0 bridgehead atoms. The summed E-state index contributed by atoms with van der Waals surface area (Å²) in [7, 11) is 3.63. The number of aromatic nitrogens is 4. The Kier molecular flexibility index (Phi) is 3.64. The molecule has 7 heteroatoms. The van der Waals surface area contributed by atoms with E-state index >= 15 is 0 Å². The standard InChI is InChI=1S/C14H20N6O/c1-18(14(21)17-13-5-6-16-19(13)2)9-11-3-4-12-15-7-8-20(12)10-11/h5-8,11H,3-4,9-10H2,1-2H3,(H,17,21)/t11-/m1/s1. The fraction of sp³-hybridized carbons (Fsp3) is 0.500. The number of hydrogen-bond donors (Lipinski definition) is 1. The zero-order valence-corrected chi connectivity index (χ0v) is 12.4. The number of anilines is 1. The molecule has 21 heavy (non-hydrogen) atoms. The Morgan fingerprint density at radius 1 is 1.52 bits per heavy atom. The van der Waals surface area contributed by atoms with E-state index in [9.17, 15) is 4.79 Å². The van der Waals surface area contributed by atoms with Crippen LogP contribution in [0.2, 0.25) is 0 Å². The number of aryl methyl sites for hydroxylation is 2. The van der Waals surface area contributed by atoms with Gasteiger partial charge in [-0.25, -0.2) is 9.78 Å². The molecular weight excluding hydrogens is 268 g/mol. The number of nitrogens with zero attached hydrogens (tertiary/aromatic N) is 5. The van der Waals surface area contributed by atoms with Crippen molar-refractivity contribution in [2.75, 3.05) is 18.9 Å². The first-order valence-corrected chi connectivity index (χ1v) is 7.13. The normalized spacial score (nSPS) is 17.3. The van der Waals surface area contributed by atoms with Crippen LogP contribution < -0.4 is 5.32 Å². The predicted molar refractivity (Wildman–Crippen MR) is 78.9 cm³/mol. The average Bonchev–Trinajstić information content (AvgIpc) is 3.07. The van der Waals surface area contributed by atoms with Crippen LogP contribution in [0.5, 0.6) is 0 Å². The van der Waals surface area contributed by atoms with Crippen molar-refractivity contribution in [3.63, 3.8) is 0 Å². The predicted octanol–water partition coefficient (Wildman–Crippen LogP) is 1.34. The summed E-state index contributed by atoms with van der Waals surface area (Å²) < 4.78 is 3.82. The van der Waals surface area contributed by atoms with Crippen molar-refractivity contribution in [3.8, 4) is 0 Å². The number of carbonyl (C=O) groups is 1. The van der Waals surface area contributed by atoms with Crippen LogP contribution in [-0.4, -0.2) is 43.9 Å². The molecule has 3 rings (SSSR count). The summed E-state index contributed by atoms with van der Waals surface area (Å²) in [6, 6.07) is 1.68. The summed E-state index contributed by atoms with van der Waals surface area (Å²) >= 11 is 0. The van der Waals surface area contributed by atoms with Crippen molar-refractivity contribution >= 4 is 11.8 Å². The largest absolute Gasteiger partial charge is 0.335 e. The molecule has 0 saturated carbocycles. The van der Waals surface area contributed by atoms with E-state index in [0.29, 0.717) is 11.7 Å². The molecule has 0 aromatic carbocycles. The number of fused-ring (bicyclic) bond motifs is 1. The van der Waals surface area contributed by atoms with Gasteiger partial charge in [0.15, 0.2) is 0 Å². The highest BCUT2D eigenvalue weighted by molar-refractivity contribution is 5.88. The third-order valence-corrected chi connectivity index (χ3v) is 3.97. The third-order valence-electron chi connectivity index (χ3n) is 3.97. The van der Waals surface area contributed by atoms with Crippen LogP contribution in [0.25, 0.3) is 0 Å². The molecule has 0 spiro atoms. The van der Waals surface area contributed by atoms with E-state index in [-0.39, 0.29) is 6.03 Å². The van der Waals surface area contributed by atoms with E-state index in [2.05, 4.69) is 20.0 Å². The lowest BCUT2D eigenvalue weighted by Gasteiger charge is -2.28. The minimum Gasteiger partial charge on any atom is -0.335 e. The molecule has 2 amide bonds. The van der Waals surface area contributed by atoms with E-state index in [1.165, 1.54) is 0 Å². The summed E-state index contributed by atoms with van der Waals surface area (Å²) in [6.45, 7) is 1.67. The number of hydrogen-bond acceptors (Lipinski definition) is 3. The number of imidazole rings is 1. The second-order valence-electron chi connectivity index (χ2n) is 5.55. The average molecular weight is 288 g/mol. The fourth-order valence-corrected chi connectivity index (χ4v) is 2.76. The molecule has 0 fully saturated rings. The van der Waals surface area contributed by atoms with Crippen LogP contribution in [0.4, 0.5) is 10.6 Å². The number of urea groups is 1. The minimum atomic E-state index is -0.102. The highest BCUT2D eigenvalue weighted by atomic mass is 16.2. The van der Waals surface area contributed by atoms with E-state index in [1.54, 1.807) is 28.9 Å². The van der Waals surface area contributed by atoms with Crippen LogP contribution in [0.3, 0.4) is 0 Å². The number of nitrogens with one attached hydrogen (secondary N) is 1. The van der Waals surface area contributed by atoms with Gasteiger partial charge in [0.25, 0.3) is 0 Å². The maximum Gasteiger partial charge on any atom is 0.322 e. The van der Waals surface area contributed by atoms with Crippen molar-refractivity contribution in [2.24, 2.45) is 13.0 Å². The van der Waals surface area contributed by atoms with Gasteiger partial charge in [-0.05, 0) is 12.3 Å². The smallest absolute Gasteiger partial charge is 0.322 e. The van der Waals surface area contributed by atoms with Crippen LogP contribution >= 0.6 is 0 Å². The zero-order chi connectivity index (χ0) is 14.8. The first-order valence-electron chi connectivity index (χ1n) is 7.13. The minimum absolute atomic E-state index is 0.102.